The van der Waals surface area contributed by atoms with Gasteiger partial charge in [-0.25, -0.2) is 0 Å². The Morgan fingerprint density at radius 3 is 2.63 bits per heavy atom. The fourth-order valence-corrected chi connectivity index (χ4v) is 3.70. The average Bonchev–Trinajstić information content (AvgIpc) is 2.42. The number of rotatable bonds is 4. The molecule has 1 aliphatic heterocycles. The van der Waals surface area contributed by atoms with Crippen LogP contribution in [0.3, 0.4) is 0 Å². The van der Waals surface area contributed by atoms with Gasteiger partial charge in [-0.1, -0.05) is 33.1 Å². The van der Waals surface area contributed by atoms with Gasteiger partial charge in [0, 0.05) is 12.1 Å². The van der Waals surface area contributed by atoms with Crippen molar-refractivity contribution in [2.24, 2.45) is 5.92 Å². The highest BCUT2D eigenvalue weighted by Gasteiger charge is 2.26. The van der Waals surface area contributed by atoms with Gasteiger partial charge >= 0.3 is 0 Å². The van der Waals surface area contributed by atoms with Gasteiger partial charge in [0.1, 0.15) is 0 Å². The molecule has 0 aromatic carbocycles. The number of hydrogen-bond acceptors (Lipinski definition) is 2. The number of piperidine rings is 1. The molecule has 1 heterocycles. The Morgan fingerprint density at radius 2 is 1.89 bits per heavy atom. The molecule has 3 nitrogen and oxygen atoms in total. The summed E-state index contributed by atoms with van der Waals surface area (Å²) in [5.74, 6) is 0.903. The normalized spacial score (nSPS) is 33.1. The van der Waals surface area contributed by atoms with Crippen molar-refractivity contribution < 1.29 is 4.79 Å². The molecular formula is C16H30N2O. The smallest absolute Gasteiger partial charge is 0.234 e. The van der Waals surface area contributed by atoms with E-state index in [0.717, 1.165) is 6.54 Å². The lowest BCUT2D eigenvalue weighted by molar-refractivity contribution is -0.124. The number of likely N-dealkylation sites (tertiary alicyclic amines) is 1. The summed E-state index contributed by atoms with van der Waals surface area (Å²) in [6.45, 7) is 6.23. The molecule has 1 saturated heterocycles. The van der Waals surface area contributed by atoms with E-state index in [2.05, 4.69) is 24.1 Å². The Labute approximate surface area is 118 Å². The van der Waals surface area contributed by atoms with Crippen LogP contribution in [0.15, 0.2) is 0 Å². The highest BCUT2D eigenvalue weighted by atomic mass is 16.2. The molecule has 1 amide bonds. The van der Waals surface area contributed by atoms with E-state index in [1.165, 1.54) is 51.4 Å². The van der Waals surface area contributed by atoms with Crippen molar-refractivity contribution in [3.8, 4) is 0 Å². The van der Waals surface area contributed by atoms with Crippen LogP contribution in [-0.4, -0.2) is 36.0 Å². The molecule has 0 radical (unpaired) electrons. The van der Waals surface area contributed by atoms with Crippen LogP contribution < -0.4 is 5.32 Å². The molecule has 1 N–H and O–H groups in total. The second-order valence-corrected chi connectivity index (χ2v) is 6.46. The van der Waals surface area contributed by atoms with Gasteiger partial charge < -0.3 is 5.32 Å². The molecule has 2 rings (SSSR count). The fourth-order valence-electron chi connectivity index (χ4n) is 3.70. The topological polar surface area (TPSA) is 32.3 Å². The number of carbonyl (C=O) groups excluding carboxylic acids is 1. The molecule has 2 aliphatic rings. The first-order valence-corrected chi connectivity index (χ1v) is 8.24. The quantitative estimate of drug-likeness (QED) is 0.848. The van der Waals surface area contributed by atoms with Gasteiger partial charge in [0.25, 0.3) is 0 Å². The highest BCUT2D eigenvalue weighted by molar-refractivity contribution is 5.78. The Bertz CT molecular complexity index is 292. The summed E-state index contributed by atoms with van der Waals surface area (Å²) in [5.41, 5.74) is 0. The van der Waals surface area contributed by atoms with Crippen LogP contribution in [0.4, 0.5) is 0 Å². The SMILES string of the molecule is CC[C@@H]1CCCCN1CC(=O)N[C@H]1CCCC[C@@H]1C. The molecule has 0 aromatic rings. The molecule has 1 aliphatic carbocycles. The van der Waals surface area contributed by atoms with Crippen LogP contribution in [0.25, 0.3) is 0 Å². The lowest BCUT2D eigenvalue weighted by Crippen LogP contribution is -2.49. The zero-order valence-corrected chi connectivity index (χ0v) is 12.7. The molecular weight excluding hydrogens is 236 g/mol. The zero-order chi connectivity index (χ0) is 13.7. The third-order valence-electron chi connectivity index (χ3n) is 5.02. The van der Waals surface area contributed by atoms with E-state index in [0.29, 0.717) is 24.5 Å². The van der Waals surface area contributed by atoms with Crippen molar-refractivity contribution in [1.29, 1.82) is 0 Å². The van der Waals surface area contributed by atoms with Gasteiger partial charge in [0.2, 0.25) is 5.91 Å². The minimum Gasteiger partial charge on any atom is -0.352 e. The maximum absolute atomic E-state index is 12.2. The molecule has 110 valence electrons. The lowest BCUT2D eigenvalue weighted by Gasteiger charge is -2.36. The van der Waals surface area contributed by atoms with E-state index >= 15 is 0 Å². The van der Waals surface area contributed by atoms with Gasteiger partial charge in [-0.2, -0.15) is 0 Å². The Hall–Kier alpha value is -0.570. The highest BCUT2D eigenvalue weighted by Crippen LogP contribution is 2.24. The zero-order valence-electron chi connectivity index (χ0n) is 12.7. The average molecular weight is 266 g/mol. The Morgan fingerprint density at radius 1 is 1.16 bits per heavy atom. The fraction of sp³-hybridized carbons (Fsp3) is 0.938. The standard InChI is InChI=1S/C16H30N2O/c1-3-14-9-6-7-11-18(14)12-16(19)17-15-10-5-4-8-13(15)2/h13-15H,3-12H2,1-2H3,(H,17,19)/t13-,14+,15-/m0/s1. The van der Waals surface area contributed by atoms with E-state index in [1.54, 1.807) is 0 Å². The Balaban J connectivity index is 1.79. The molecule has 2 fully saturated rings. The summed E-state index contributed by atoms with van der Waals surface area (Å²) < 4.78 is 0. The van der Waals surface area contributed by atoms with Crippen molar-refractivity contribution in [2.75, 3.05) is 13.1 Å². The lowest BCUT2D eigenvalue weighted by atomic mass is 9.86. The molecule has 0 unspecified atom stereocenters. The van der Waals surface area contributed by atoms with Gasteiger partial charge in [-0.15, -0.1) is 0 Å². The molecule has 3 heteroatoms. The largest absolute Gasteiger partial charge is 0.352 e. The van der Waals surface area contributed by atoms with Crippen molar-refractivity contribution >= 4 is 5.91 Å². The molecule has 0 aromatic heterocycles. The number of nitrogens with zero attached hydrogens (tertiary/aromatic N) is 1. The summed E-state index contributed by atoms with van der Waals surface area (Å²) in [7, 11) is 0. The Kier molecular flexibility index (Phi) is 5.68. The van der Waals surface area contributed by atoms with E-state index in [1.807, 2.05) is 0 Å². The van der Waals surface area contributed by atoms with Crippen LogP contribution in [-0.2, 0) is 4.79 Å². The molecule has 19 heavy (non-hydrogen) atoms. The second kappa shape index (κ2) is 7.28. The molecule has 3 atom stereocenters. The monoisotopic (exact) mass is 266 g/mol. The van der Waals surface area contributed by atoms with Gasteiger partial charge in [0.05, 0.1) is 6.54 Å². The van der Waals surface area contributed by atoms with Crippen LogP contribution in [0.5, 0.6) is 0 Å². The molecule has 1 saturated carbocycles. The van der Waals surface area contributed by atoms with E-state index in [9.17, 15) is 4.79 Å². The van der Waals surface area contributed by atoms with E-state index < -0.39 is 0 Å². The van der Waals surface area contributed by atoms with Crippen molar-refractivity contribution in [1.82, 2.24) is 10.2 Å². The molecule has 0 bridgehead atoms. The van der Waals surface area contributed by atoms with E-state index in [-0.39, 0.29) is 5.91 Å². The number of carbonyl (C=O) groups is 1. The van der Waals surface area contributed by atoms with Gasteiger partial charge in [-0.05, 0) is 44.6 Å². The van der Waals surface area contributed by atoms with Crippen molar-refractivity contribution in [2.45, 2.75) is 77.3 Å². The van der Waals surface area contributed by atoms with Crippen LogP contribution in [0.1, 0.15) is 65.2 Å². The predicted octanol–water partition coefficient (Wildman–Crippen LogP) is 2.95. The maximum Gasteiger partial charge on any atom is 0.234 e. The number of amides is 1. The minimum absolute atomic E-state index is 0.249. The second-order valence-electron chi connectivity index (χ2n) is 6.46. The van der Waals surface area contributed by atoms with E-state index in [4.69, 9.17) is 0 Å². The summed E-state index contributed by atoms with van der Waals surface area (Å²) in [6.07, 6.45) is 10.1. The van der Waals surface area contributed by atoms with Crippen LogP contribution >= 0.6 is 0 Å². The minimum atomic E-state index is 0.249. The summed E-state index contributed by atoms with van der Waals surface area (Å²) in [6, 6.07) is 1.05. The molecule has 0 spiro atoms. The van der Waals surface area contributed by atoms with Crippen molar-refractivity contribution in [3.63, 3.8) is 0 Å². The maximum atomic E-state index is 12.2. The summed E-state index contributed by atoms with van der Waals surface area (Å²) >= 11 is 0. The first kappa shape index (κ1) is 14.8. The van der Waals surface area contributed by atoms with Crippen LogP contribution in [0.2, 0.25) is 0 Å². The summed E-state index contributed by atoms with van der Waals surface area (Å²) in [4.78, 5) is 14.6. The first-order valence-electron chi connectivity index (χ1n) is 8.24. The van der Waals surface area contributed by atoms with Crippen molar-refractivity contribution in [3.05, 3.63) is 0 Å². The first-order chi connectivity index (χ1) is 9.20. The van der Waals surface area contributed by atoms with Crippen LogP contribution in [0, 0.1) is 5.92 Å². The number of hydrogen-bond donors (Lipinski definition) is 1. The van der Waals surface area contributed by atoms with Gasteiger partial charge in [-0.3, -0.25) is 9.69 Å². The number of nitrogens with one attached hydrogen (secondary N) is 1. The predicted molar refractivity (Wildman–Crippen MR) is 79.1 cm³/mol. The third kappa shape index (κ3) is 4.20. The third-order valence-corrected chi connectivity index (χ3v) is 5.02. The van der Waals surface area contributed by atoms with Gasteiger partial charge in [0.15, 0.2) is 0 Å². The summed E-state index contributed by atoms with van der Waals surface area (Å²) in [5, 5.41) is 3.28.